The zero-order valence-electron chi connectivity index (χ0n) is 17.1. The predicted octanol–water partition coefficient (Wildman–Crippen LogP) is 3.06. The summed E-state index contributed by atoms with van der Waals surface area (Å²) >= 11 is 0. The molecule has 1 aliphatic heterocycles. The zero-order chi connectivity index (χ0) is 21.7. The lowest BCUT2D eigenvalue weighted by Gasteiger charge is -2.29. The Balaban J connectivity index is 0.00000341. The van der Waals surface area contributed by atoms with Crippen LogP contribution in [0.1, 0.15) is 20.2 Å². The minimum atomic E-state index is -0.166. The zero-order valence-corrected chi connectivity index (χ0v) is 17.1. The fourth-order valence-corrected chi connectivity index (χ4v) is 3.20. The summed E-state index contributed by atoms with van der Waals surface area (Å²) in [6.45, 7) is 6.18. The summed E-state index contributed by atoms with van der Waals surface area (Å²) < 4.78 is 0. The van der Waals surface area contributed by atoms with Gasteiger partial charge >= 0.3 is 0 Å². The maximum atomic E-state index is 12.8. The second-order valence-corrected chi connectivity index (χ2v) is 6.74. The largest absolute Gasteiger partial charge is 0.404 e. The molecule has 1 aromatic heterocycles. The topological polar surface area (TPSA) is 111 Å². The number of para-hydroxylation sites is 1. The van der Waals surface area contributed by atoms with E-state index in [1.807, 2.05) is 49.2 Å². The monoisotopic (exact) mass is 419 g/mol. The standard InChI is InChI=1S/C22H25N7O.CH4/c1-4-16-12-25-20(5-2)29(22(16)30)14-19-26-18-9-7-6-8-17(18)21(27-19)28(3)13-15(10-23)11-24;/h4-12,23,25H,1,13-14,24H2,2-3H3;1H4/b15-11+,20-5+,23-10?;. The molecule has 1 amide bonds. The highest BCUT2D eigenvalue weighted by molar-refractivity contribution is 5.98. The van der Waals surface area contributed by atoms with E-state index < -0.39 is 0 Å². The molecule has 31 heavy (non-hydrogen) atoms. The fourth-order valence-electron chi connectivity index (χ4n) is 3.20. The number of carbonyl (C=O) groups is 1. The van der Waals surface area contributed by atoms with Gasteiger partial charge in [0.05, 0.1) is 17.6 Å². The van der Waals surface area contributed by atoms with Gasteiger partial charge in [-0.05, 0) is 25.1 Å². The SMILES string of the molecule is C.C=CC1=CN/C(=C\C)N(Cc2nc(N(C)C/C(C=N)=C/N)c3ccccc3n2)C1=O. The number of fused-ring (bicyclic) bond motifs is 1. The number of carbonyl (C=O) groups excluding carboxylic acids is 1. The van der Waals surface area contributed by atoms with Crippen LogP contribution in [0, 0.1) is 5.41 Å². The lowest BCUT2D eigenvalue weighted by molar-refractivity contribution is -0.126. The number of aromatic nitrogens is 2. The molecule has 0 bridgehead atoms. The summed E-state index contributed by atoms with van der Waals surface area (Å²) in [5.74, 6) is 1.70. The molecule has 1 aliphatic rings. The van der Waals surface area contributed by atoms with Crippen LogP contribution in [0.3, 0.4) is 0 Å². The molecule has 2 aromatic rings. The predicted molar refractivity (Wildman–Crippen MR) is 126 cm³/mol. The molecule has 8 nitrogen and oxygen atoms in total. The van der Waals surface area contributed by atoms with Crippen LogP contribution in [-0.2, 0) is 11.3 Å². The Kier molecular flexibility index (Phi) is 7.68. The van der Waals surface area contributed by atoms with Crippen LogP contribution in [0.15, 0.2) is 72.4 Å². The van der Waals surface area contributed by atoms with Crippen LogP contribution in [0.2, 0.25) is 0 Å². The molecule has 0 saturated carbocycles. The average molecular weight is 420 g/mol. The van der Waals surface area contributed by atoms with Crippen LogP contribution < -0.4 is 16.0 Å². The minimum absolute atomic E-state index is 0. The van der Waals surface area contributed by atoms with Crippen molar-refractivity contribution < 1.29 is 4.79 Å². The number of allylic oxidation sites excluding steroid dienone is 1. The van der Waals surface area contributed by atoms with Crippen molar-refractivity contribution in [1.82, 2.24) is 20.2 Å². The average Bonchev–Trinajstić information content (AvgIpc) is 2.78. The molecule has 8 heteroatoms. The number of amides is 1. The van der Waals surface area contributed by atoms with Gasteiger partial charge in [0, 0.05) is 43.2 Å². The number of nitrogens with two attached hydrogens (primary N) is 1. The van der Waals surface area contributed by atoms with E-state index >= 15 is 0 Å². The van der Waals surface area contributed by atoms with Crippen molar-refractivity contribution in [3.05, 3.63) is 78.2 Å². The molecular formula is C23H29N7O. The summed E-state index contributed by atoms with van der Waals surface area (Å²) in [6.07, 6.45) is 7.62. The Hall–Kier alpha value is -3.94. The van der Waals surface area contributed by atoms with E-state index in [-0.39, 0.29) is 19.9 Å². The molecule has 0 unspecified atom stereocenters. The Bertz CT molecular complexity index is 1080. The van der Waals surface area contributed by atoms with Gasteiger partial charge in [-0.2, -0.15) is 0 Å². The van der Waals surface area contributed by atoms with Crippen LogP contribution >= 0.6 is 0 Å². The van der Waals surface area contributed by atoms with Gasteiger partial charge in [0.1, 0.15) is 11.6 Å². The number of benzene rings is 1. The number of nitrogens with zero attached hydrogens (tertiary/aromatic N) is 4. The van der Waals surface area contributed by atoms with Gasteiger partial charge < -0.3 is 21.4 Å². The van der Waals surface area contributed by atoms with Crippen LogP contribution in [0.25, 0.3) is 10.9 Å². The normalized spacial score (nSPS) is 15.2. The molecule has 1 aromatic carbocycles. The van der Waals surface area contributed by atoms with Crippen molar-refractivity contribution in [2.24, 2.45) is 5.73 Å². The third-order valence-electron chi connectivity index (χ3n) is 4.76. The van der Waals surface area contributed by atoms with Crippen LogP contribution in [0.5, 0.6) is 0 Å². The van der Waals surface area contributed by atoms with Gasteiger partial charge in [0.2, 0.25) is 0 Å². The molecule has 0 aliphatic carbocycles. The number of hydrogen-bond acceptors (Lipinski definition) is 7. The maximum absolute atomic E-state index is 12.8. The first-order valence-corrected chi connectivity index (χ1v) is 9.47. The highest BCUT2D eigenvalue weighted by Crippen LogP contribution is 2.25. The van der Waals surface area contributed by atoms with Gasteiger partial charge in [-0.3, -0.25) is 9.69 Å². The molecule has 0 spiro atoms. The van der Waals surface area contributed by atoms with Crippen molar-refractivity contribution in [2.75, 3.05) is 18.5 Å². The van der Waals surface area contributed by atoms with E-state index in [9.17, 15) is 4.79 Å². The summed E-state index contributed by atoms with van der Waals surface area (Å²) in [5, 5.41) is 11.5. The van der Waals surface area contributed by atoms with Gasteiger partial charge in [-0.25, -0.2) is 9.97 Å². The van der Waals surface area contributed by atoms with Gasteiger partial charge in [-0.1, -0.05) is 32.2 Å². The maximum Gasteiger partial charge on any atom is 0.261 e. The van der Waals surface area contributed by atoms with Crippen molar-refractivity contribution in [3.63, 3.8) is 0 Å². The number of nitrogens with one attached hydrogen (secondary N) is 2. The Labute approximate surface area is 183 Å². The van der Waals surface area contributed by atoms with E-state index in [4.69, 9.17) is 16.1 Å². The van der Waals surface area contributed by atoms with Crippen molar-refractivity contribution in [2.45, 2.75) is 20.9 Å². The summed E-state index contributed by atoms with van der Waals surface area (Å²) in [7, 11) is 1.88. The summed E-state index contributed by atoms with van der Waals surface area (Å²) in [5.41, 5.74) is 7.51. The molecule has 0 atom stereocenters. The summed E-state index contributed by atoms with van der Waals surface area (Å²) in [4.78, 5) is 25.8. The van der Waals surface area contributed by atoms with E-state index in [1.54, 1.807) is 11.1 Å². The minimum Gasteiger partial charge on any atom is -0.404 e. The second kappa shape index (κ2) is 10.2. The van der Waals surface area contributed by atoms with Gasteiger partial charge in [0.15, 0.2) is 5.82 Å². The molecule has 2 heterocycles. The van der Waals surface area contributed by atoms with E-state index in [0.717, 1.165) is 10.9 Å². The van der Waals surface area contributed by atoms with E-state index in [1.165, 1.54) is 18.5 Å². The Morgan fingerprint density at radius 2 is 2.10 bits per heavy atom. The number of hydrogen-bond donors (Lipinski definition) is 3. The van der Waals surface area contributed by atoms with Crippen LogP contribution in [-0.4, -0.2) is 40.6 Å². The van der Waals surface area contributed by atoms with Crippen molar-refractivity contribution >= 4 is 28.8 Å². The fraction of sp³-hybridized carbons (Fsp3) is 0.217. The molecular weight excluding hydrogens is 390 g/mol. The summed E-state index contributed by atoms with van der Waals surface area (Å²) in [6, 6.07) is 7.70. The van der Waals surface area contributed by atoms with Crippen molar-refractivity contribution in [3.8, 4) is 0 Å². The van der Waals surface area contributed by atoms with Crippen LogP contribution in [0.4, 0.5) is 5.82 Å². The third kappa shape index (κ3) is 4.80. The van der Waals surface area contributed by atoms with Gasteiger partial charge in [0.25, 0.3) is 5.91 Å². The molecule has 3 rings (SSSR count). The second-order valence-electron chi connectivity index (χ2n) is 6.74. The third-order valence-corrected chi connectivity index (χ3v) is 4.76. The van der Waals surface area contributed by atoms with E-state index in [2.05, 4.69) is 16.9 Å². The number of anilines is 1. The van der Waals surface area contributed by atoms with Gasteiger partial charge in [-0.15, -0.1) is 0 Å². The molecule has 0 fully saturated rings. The number of likely N-dealkylation sites (N-methyl/N-ethyl adjacent to an activating group) is 1. The number of rotatable bonds is 7. The smallest absolute Gasteiger partial charge is 0.261 e. The van der Waals surface area contributed by atoms with E-state index in [0.29, 0.717) is 35.2 Å². The molecule has 162 valence electrons. The highest BCUT2D eigenvalue weighted by Gasteiger charge is 2.25. The molecule has 4 N–H and O–H groups in total. The van der Waals surface area contributed by atoms with Crippen molar-refractivity contribution in [1.29, 1.82) is 5.41 Å². The first kappa shape index (κ1) is 23.3. The highest BCUT2D eigenvalue weighted by atomic mass is 16.2. The lowest BCUT2D eigenvalue weighted by Crippen LogP contribution is -2.40. The Morgan fingerprint density at radius 1 is 1.35 bits per heavy atom. The first-order chi connectivity index (χ1) is 14.5. The molecule has 0 saturated heterocycles. The molecule has 0 radical (unpaired) electrons. The quantitative estimate of drug-likeness (QED) is 0.595. The first-order valence-electron chi connectivity index (χ1n) is 9.47. The lowest BCUT2D eigenvalue weighted by atomic mass is 10.2. The Morgan fingerprint density at radius 3 is 2.74 bits per heavy atom.